The number of amides is 1. The number of halogens is 2. The molecule has 19 heavy (non-hydrogen) atoms. The number of carbonyl (C=O) groups is 1. The average Bonchev–Trinajstić information content (AvgIpc) is 2.82. The van der Waals surface area contributed by atoms with Crippen molar-refractivity contribution in [2.45, 2.75) is 6.42 Å². The topological polar surface area (TPSA) is 93.8 Å². The largest absolute Gasteiger partial charge is 0.330 e. The van der Waals surface area contributed by atoms with Gasteiger partial charge >= 0.3 is 0 Å². The molecule has 0 aliphatic carbocycles. The number of rotatable bonds is 4. The molecule has 2 rings (SSSR count). The first-order valence-corrected chi connectivity index (χ1v) is 7.70. The average molecular weight is 407 g/mol. The number of nitrogens with zero attached hydrogens (tertiary/aromatic N) is 3. The van der Waals surface area contributed by atoms with Crippen molar-refractivity contribution >= 4 is 54.9 Å². The summed E-state index contributed by atoms with van der Waals surface area (Å²) in [4.78, 5) is 24.3. The van der Waals surface area contributed by atoms with Crippen LogP contribution in [0.3, 0.4) is 0 Å². The molecule has 2 aromatic heterocycles. The van der Waals surface area contributed by atoms with Gasteiger partial charge < -0.3 is 11.1 Å². The SMILES string of the molecule is NCCc1nc(C(=O)Nc2ncc(Br)nc2Br)cs1. The first-order chi connectivity index (χ1) is 9.10. The van der Waals surface area contributed by atoms with E-state index < -0.39 is 0 Å². The molecule has 0 saturated carbocycles. The van der Waals surface area contributed by atoms with Gasteiger partial charge in [0.1, 0.15) is 14.9 Å². The smallest absolute Gasteiger partial charge is 0.276 e. The summed E-state index contributed by atoms with van der Waals surface area (Å²) in [6.45, 7) is 0.512. The molecule has 0 fully saturated rings. The Hall–Kier alpha value is -0.900. The molecule has 0 aliphatic rings. The molecule has 100 valence electrons. The fourth-order valence-electron chi connectivity index (χ4n) is 1.26. The second-order valence-electron chi connectivity index (χ2n) is 3.45. The van der Waals surface area contributed by atoms with Gasteiger partial charge in [-0.2, -0.15) is 0 Å². The van der Waals surface area contributed by atoms with Crippen molar-refractivity contribution in [3.05, 3.63) is 31.5 Å². The maximum atomic E-state index is 12.0. The molecule has 0 atom stereocenters. The Bertz CT molecular complexity index is 603. The number of nitrogens with two attached hydrogens (primary N) is 1. The molecule has 3 N–H and O–H groups in total. The van der Waals surface area contributed by atoms with Gasteiger partial charge in [0.25, 0.3) is 5.91 Å². The molecule has 6 nitrogen and oxygen atoms in total. The van der Waals surface area contributed by atoms with Gasteiger partial charge in [-0.25, -0.2) is 15.0 Å². The second kappa shape index (κ2) is 6.51. The summed E-state index contributed by atoms with van der Waals surface area (Å²) in [7, 11) is 0. The minimum atomic E-state index is -0.322. The third kappa shape index (κ3) is 3.78. The maximum absolute atomic E-state index is 12.0. The molecule has 9 heteroatoms. The number of hydrogen-bond acceptors (Lipinski definition) is 6. The van der Waals surface area contributed by atoms with Gasteiger partial charge in [0.2, 0.25) is 0 Å². The molecule has 0 unspecified atom stereocenters. The minimum Gasteiger partial charge on any atom is -0.330 e. The van der Waals surface area contributed by atoms with Crippen LogP contribution in [0.4, 0.5) is 5.82 Å². The van der Waals surface area contributed by atoms with Crippen molar-refractivity contribution in [1.29, 1.82) is 0 Å². The molecule has 0 saturated heterocycles. The van der Waals surface area contributed by atoms with Crippen molar-refractivity contribution in [2.24, 2.45) is 5.73 Å². The Morgan fingerprint density at radius 2 is 2.21 bits per heavy atom. The minimum absolute atomic E-state index is 0.322. The molecule has 2 heterocycles. The van der Waals surface area contributed by atoms with Crippen LogP contribution in [0.25, 0.3) is 0 Å². The lowest BCUT2D eigenvalue weighted by atomic mass is 10.4. The van der Waals surface area contributed by atoms with Gasteiger partial charge in [-0.3, -0.25) is 4.79 Å². The molecule has 0 aliphatic heterocycles. The number of nitrogens with one attached hydrogen (secondary N) is 1. The van der Waals surface area contributed by atoms with E-state index in [1.54, 1.807) is 5.38 Å². The van der Waals surface area contributed by atoms with Crippen LogP contribution >= 0.6 is 43.2 Å². The molecular formula is C10H9Br2N5OS. The maximum Gasteiger partial charge on any atom is 0.276 e. The van der Waals surface area contributed by atoms with Crippen LogP contribution in [0.1, 0.15) is 15.5 Å². The van der Waals surface area contributed by atoms with Gasteiger partial charge in [0, 0.05) is 11.8 Å². The lowest BCUT2D eigenvalue weighted by molar-refractivity contribution is 0.102. The molecule has 0 spiro atoms. The third-order valence-electron chi connectivity index (χ3n) is 2.08. The first kappa shape index (κ1) is 14.5. The van der Waals surface area contributed by atoms with Gasteiger partial charge in [0.05, 0.1) is 11.2 Å². The van der Waals surface area contributed by atoms with E-state index in [1.807, 2.05) is 0 Å². The highest BCUT2D eigenvalue weighted by Gasteiger charge is 2.13. The summed E-state index contributed by atoms with van der Waals surface area (Å²) < 4.78 is 1.03. The van der Waals surface area contributed by atoms with E-state index >= 15 is 0 Å². The highest BCUT2D eigenvalue weighted by atomic mass is 79.9. The normalized spacial score (nSPS) is 10.5. The van der Waals surface area contributed by atoms with Crippen LogP contribution in [-0.2, 0) is 6.42 Å². The van der Waals surface area contributed by atoms with Crippen LogP contribution in [0, 0.1) is 0 Å². The first-order valence-electron chi connectivity index (χ1n) is 5.24. The monoisotopic (exact) mass is 405 g/mol. The molecule has 0 bridgehead atoms. The van der Waals surface area contributed by atoms with Crippen LogP contribution in [0.15, 0.2) is 20.8 Å². The quantitative estimate of drug-likeness (QED) is 0.811. The zero-order valence-corrected chi connectivity index (χ0v) is 13.5. The molecule has 2 aromatic rings. The summed E-state index contributed by atoms with van der Waals surface area (Å²) in [5, 5.41) is 5.18. The number of carbonyl (C=O) groups excluding carboxylic acids is 1. The Morgan fingerprint density at radius 1 is 1.42 bits per heavy atom. The van der Waals surface area contributed by atoms with Gasteiger partial charge in [0.15, 0.2) is 5.82 Å². The summed E-state index contributed by atoms with van der Waals surface area (Å²) in [6, 6.07) is 0. The van der Waals surface area contributed by atoms with E-state index in [9.17, 15) is 4.79 Å². The fraction of sp³-hybridized carbons (Fsp3) is 0.200. The third-order valence-corrected chi connectivity index (χ3v) is 3.92. The highest BCUT2D eigenvalue weighted by Crippen LogP contribution is 2.20. The van der Waals surface area contributed by atoms with Crippen molar-refractivity contribution in [3.63, 3.8) is 0 Å². The van der Waals surface area contributed by atoms with E-state index in [0.717, 1.165) is 5.01 Å². The lowest BCUT2D eigenvalue weighted by Gasteiger charge is -2.03. The summed E-state index contributed by atoms with van der Waals surface area (Å²) in [5.74, 6) is 0.0263. The molecule has 0 radical (unpaired) electrons. The number of anilines is 1. The van der Waals surface area contributed by atoms with Crippen molar-refractivity contribution in [2.75, 3.05) is 11.9 Å². The Balaban J connectivity index is 2.11. The Kier molecular flexibility index (Phi) is 4.97. The number of aromatic nitrogens is 3. The van der Waals surface area contributed by atoms with E-state index in [4.69, 9.17) is 5.73 Å². The number of thiazole rings is 1. The zero-order valence-electron chi connectivity index (χ0n) is 9.56. The summed E-state index contributed by atoms with van der Waals surface area (Å²) in [5.41, 5.74) is 5.79. The van der Waals surface area contributed by atoms with Gasteiger partial charge in [-0.1, -0.05) is 0 Å². The summed E-state index contributed by atoms with van der Waals surface area (Å²) >= 11 is 7.83. The van der Waals surface area contributed by atoms with E-state index in [0.29, 0.717) is 33.7 Å². The number of hydrogen-bond donors (Lipinski definition) is 2. The van der Waals surface area contributed by atoms with E-state index in [2.05, 4.69) is 52.1 Å². The Morgan fingerprint density at radius 3 is 2.89 bits per heavy atom. The van der Waals surface area contributed by atoms with Gasteiger partial charge in [-0.15, -0.1) is 11.3 Å². The highest BCUT2D eigenvalue weighted by molar-refractivity contribution is 9.11. The van der Waals surface area contributed by atoms with Crippen LogP contribution in [0.5, 0.6) is 0 Å². The second-order valence-corrected chi connectivity index (χ2v) is 5.96. The molecule has 0 aromatic carbocycles. The summed E-state index contributed by atoms with van der Waals surface area (Å²) in [6.07, 6.45) is 2.17. The van der Waals surface area contributed by atoms with E-state index in [1.165, 1.54) is 17.5 Å². The molecular weight excluding hydrogens is 398 g/mol. The van der Waals surface area contributed by atoms with Gasteiger partial charge in [-0.05, 0) is 38.4 Å². The van der Waals surface area contributed by atoms with Crippen molar-refractivity contribution in [3.8, 4) is 0 Å². The zero-order chi connectivity index (χ0) is 13.8. The molecule has 1 amide bonds. The van der Waals surface area contributed by atoms with E-state index in [-0.39, 0.29) is 5.91 Å². The Labute approximate surface area is 130 Å². The van der Waals surface area contributed by atoms with Crippen LogP contribution in [0.2, 0.25) is 0 Å². The van der Waals surface area contributed by atoms with Crippen LogP contribution < -0.4 is 11.1 Å². The van der Waals surface area contributed by atoms with Crippen LogP contribution in [-0.4, -0.2) is 27.4 Å². The fourth-order valence-corrected chi connectivity index (χ4v) is 2.96. The standard InChI is InChI=1S/C10H9Br2N5OS/c11-6-3-14-9(8(12)16-6)17-10(18)5-4-19-7(15-5)1-2-13/h3-4H,1-2,13H2,(H,14,17,18). The van der Waals surface area contributed by atoms with Crippen molar-refractivity contribution in [1.82, 2.24) is 15.0 Å². The van der Waals surface area contributed by atoms with Crippen molar-refractivity contribution < 1.29 is 4.79 Å². The lowest BCUT2D eigenvalue weighted by Crippen LogP contribution is -2.14. The predicted molar refractivity (Wildman–Crippen MR) is 80.3 cm³/mol. The predicted octanol–water partition coefficient (Wildman–Crippen LogP) is 2.21.